The van der Waals surface area contributed by atoms with Crippen molar-refractivity contribution >= 4 is 12.0 Å². The highest BCUT2D eigenvalue weighted by Gasteiger charge is 2.06. The van der Waals surface area contributed by atoms with E-state index in [9.17, 15) is 9.18 Å². The van der Waals surface area contributed by atoms with Gasteiger partial charge in [-0.25, -0.2) is 4.39 Å². The van der Waals surface area contributed by atoms with Crippen LogP contribution in [0, 0.1) is 5.82 Å². The van der Waals surface area contributed by atoms with Crippen LogP contribution in [0.1, 0.15) is 16.1 Å². The van der Waals surface area contributed by atoms with Crippen molar-refractivity contribution in [1.82, 2.24) is 4.98 Å². The van der Waals surface area contributed by atoms with Crippen molar-refractivity contribution in [1.29, 1.82) is 0 Å². The van der Waals surface area contributed by atoms with Crippen LogP contribution in [0.5, 0.6) is 0 Å². The molecule has 0 amide bonds. The lowest BCUT2D eigenvalue weighted by Crippen LogP contribution is -2.17. The summed E-state index contributed by atoms with van der Waals surface area (Å²) in [5.41, 5.74) is 1.87. The van der Waals surface area contributed by atoms with Gasteiger partial charge in [0.05, 0.1) is 12.2 Å². The number of anilines is 1. The number of carbonyl (C=O) groups is 1. The zero-order chi connectivity index (χ0) is 13.0. The first-order valence-electron chi connectivity index (χ1n) is 5.56. The molecule has 0 spiro atoms. The summed E-state index contributed by atoms with van der Waals surface area (Å²) < 4.78 is 13.3. The molecule has 0 aliphatic heterocycles. The smallest absolute Gasteiger partial charge is 0.150 e. The van der Waals surface area contributed by atoms with Gasteiger partial charge in [-0.05, 0) is 30.3 Å². The molecule has 3 nitrogen and oxygen atoms in total. The second kappa shape index (κ2) is 5.40. The Labute approximate surface area is 105 Å². The summed E-state index contributed by atoms with van der Waals surface area (Å²) in [6.45, 7) is 0.558. The summed E-state index contributed by atoms with van der Waals surface area (Å²) in [6, 6.07) is 9.91. The molecule has 0 saturated heterocycles. The van der Waals surface area contributed by atoms with E-state index in [0.29, 0.717) is 24.1 Å². The molecule has 1 aromatic heterocycles. The van der Waals surface area contributed by atoms with Crippen LogP contribution < -0.4 is 4.90 Å². The Morgan fingerprint density at radius 3 is 2.83 bits per heavy atom. The second-order valence-corrected chi connectivity index (χ2v) is 4.04. The topological polar surface area (TPSA) is 33.2 Å². The van der Waals surface area contributed by atoms with Crippen LogP contribution >= 0.6 is 0 Å². The van der Waals surface area contributed by atoms with Gasteiger partial charge in [0, 0.05) is 24.5 Å². The molecule has 0 atom stereocenters. The molecule has 0 aliphatic carbocycles. The molecular formula is C14H13FN2O. The standard InChI is InChI=1S/C14H13FN2O/c1-17(9-13-4-2-3-5-16-13)14-7-11(10-18)6-12(15)8-14/h2-8,10H,9H2,1H3. The fourth-order valence-electron chi connectivity index (χ4n) is 1.71. The molecule has 0 aliphatic rings. The maximum atomic E-state index is 13.3. The fourth-order valence-corrected chi connectivity index (χ4v) is 1.71. The molecule has 0 radical (unpaired) electrons. The number of hydrogen-bond acceptors (Lipinski definition) is 3. The van der Waals surface area contributed by atoms with Crippen molar-refractivity contribution in [2.75, 3.05) is 11.9 Å². The van der Waals surface area contributed by atoms with Gasteiger partial charge in [-0.1, -0.05) is 6.07 Å². The maximum absolute atomic E-state index is 13.3. The first-order chi connectivity index (χ1) is 8.69. The number of aldehydes is 1. The van der Waals surface area contributed by atoms with Gasteiger partial charge < -0.3 is 4.90 Å². The number of benzene rings is 1. The average Bonchev–Trinajstić information content (AvgIpc) is 2.39. The fraction of sp³-hybridized carbons (Fsp3) is 0.143. The number of nitrogens with zero attached hydrogens (tertiary/aromatic N) is 2. The molecule has 2 aromatic rings. The van der Waals surface area contributed by atoms with E-state index in [-0.39, 0.29) is 0 Å². The Morgan fingerprint density at radius 2 is 2.17 bits per heavy atom. The van der Waals surface area contributed by atoms with E-state index in [1.165, 1.54) is 12.1 Å². The van der Waals surface area contributed by atoms with Crippen LogP contribution in [0.25, 0.3) is 0 Å². The van der Waals surface area contributed by atoms with Crippen LogP contribution in [-0.4, -0.2) is 18.3 Å². The third kappa shape index (κ3) is 2.91. The molecule has 2 rings (SSSR count). The lowest BCUT2D eigenvalue weighted by Gasteiger charge is -2.19. The summed E-state index contributed by atoms with van der Waals surface area (Å²) >= 11 is 0. The summed E-state index contributed by atoms with van der Waals surface area (Å²) in [4.78, 5) is 16.7. The number of rotatable bonds is 4. The molecule has 0 saturated carbocycles. The zero-order valence-electron chi connectivity index (χ0n) is 10.0. The van der Waals surface area contributed by atoms with Gasteiger partial charge in [0.2, 0.25) is 0 Å². The highest BCUT2D eigenvalue weighted by molar-refractivity contribution is 5.77. The number of halogens is 1. The minimum absolute atomic E-state index is 0.331. The zero-order valence-corrected chi connectivity index (χ0v) is 10.0. The third-order valence-electron chi connectivity index (χ3n) is 2.61. The second-order valence-electron chi connectivity index (χ2n) is 4.04. The van der Waals surface area contributed by atoms with E-state index in [1.807, 2.05) is 30.1 Å². The predicted octanol–water partition coefficient (Wildman–Crippen LogP) is 2.67. The first kappa shape index (κ1) is 12.2. The molecule has 1 heterocycles. The number of aromatic nitrogens is 1. The average molecular weight is 244 g/mol. The van der Waals surface area contributed by atoms with Crippen molar-refractivity contribution in [2.24, 2.45) is 0 Å². The summed E-state index contributed by atoms with van der Waals surface area (Å²) in [6.07, 6.45) is 2.35. The van der Waals surface area contributed by atoms with E-state index in [0.717, 1.165) is 5.69 Å². The largest absolute Gasteiger partial charge is 0.369 e. The number of carbonyl (C=O) groups excluding carboxylic acids is 1. The lowest BCUT2D eigenvalue weighted by molar-refractivity contribution is 0.112. The highest BCUT2D eigenvalue weighted by atomic mass is 19.1. The Kier molecular flexibility index (Phi) is 3.67. The number of hydrogen-bond donors (Lipinski definition) is 0. The van der Waals surface area contributed by atoms with Gasteiger partial charge in [-0.2, -0.15) is 0 Å². The highest BCUT2D eigenvalue weighted by Crippen LogP contribution is 2.18. The van der Waals surface area contributed by atoms with Crippen molar-refractivity contribution in [2.45, 2.75) is 6.54 Å². The Bertz CT molecular complexity index is 543. The van der Waals surface area contributed by atoms with Gasteiger partial charge in [-0.15, -0.1) is 0 Å². The number of pyridine rings is 1. The molecule has 0 fully saturated rings. The quantitative estimate of drug-likeness (QED) is 0.775. The van der Waals surface area contributed by atoms with Crippen LogP contribution in [0.4, 0.5) is 10.1 Å². The molecule has 0 bridgehead atoms. The molecule has 1 aromatic carbocycles. The summed E-state index contributed by atoms with van der Waals surface area (Å²) in [7, 11) is 1.83. The molecular weight excluding hydrogens is 231 g/mol. The van der Waals surface area contributed by atoms with Crippen molar-refractivity contribution in [3.8, 4) is 0 Å². The van der Waals surface area contributed by atoms with Gasteiger partial charge in [0.15, 0.2) is 0 Å². The molecule has 92 valence electrons. The first-order valence-corrected chi connectivity index (χ1v) is 5.56. The Balaban J connectivity index is 2.21. The molecule has 0 unspecified atom stereocenters. The van der Waals surface area contributed by atoms with E-state index < -0.39 is 5.82 Å². The van der Waals surface area contributed by atoms with E-state index >= 15 is 0 Å². The van der Waals surface area contributed by atoms with E-state index in [4.69, 9.17) is 0 Å². The third-order valence-corrected chi connectivity index (χ3v) is 2.61. The summed E-state index contributed by atoms with van der Waals surface area (Å²) in [5.74, 6) is -0.414. The summed E-state index contributed by atoms with van der Waals surface area (Å²) in [5, 5.41) is 0. The molecule has 0 N–H and O–H groups in total. The van der Waals surface area contributed by atoms with Gasteiger partial charge >= 0.3 is 0 Å². The van der Waals surface area contributed by atoms with Crippen LogP contribution in [0.3, 0.4) is 0 Å². The van der Waals surface area contributed by atoms with E-state index in [1.54, 1.807) is 12.3 Å². The monoisotopic (exact) mass is 244 g/mol. The lowest BCUT2D eigenvalue weighted by atomic mass is 10.2. The van der Waals surface area contributed by atoms with Crippen LogP contribution in [-0.2, 0) is 6.54 Å². The Hall–Kier alpha value is -2.23. The van der Waals surface area contributed by atoms with Crippen molar-refractivity contribution in [3.63, 3.8) is 0 Å². The minimum atomic E-state index is -0.414. The van der Waals surface area contributed by atoms with Crippen molar-refractivity contribution < 1.29 is 9.18 Å². The van der Waals surface area contributed by atoms with Crippen LogP contribution in [0.2, 0.25) is 0 Å². The van der Waals surface area contributed by atoms with Crippen molar-refractivity contribution in [3.05, 3.63) is 59.7 Å². The van der Waals surface area contributed by atoms with Crippen LogP contribution in [0.15, 0.2) is 42.6 Å². The Morgan fingerprint density at radius 1 is 1.33 bits per heavy atom. The maximum Gasteiger partial charge on any atom is 0.150 e. The molecule has 4 heteroatoms. The van der Waals surface area contributed by atoms with Gasteiger partial charge in [0.1, 0.15) is 12.1 Å². The minimum Gasteiger partial charge on any atom is -0.369 e. The predicted molar refractivity (Wildman–Crippen MR) is 68.1 cm³/mol. The SMILES string of the molecule is CN(Cc1ccccn1)c1cc(F)cc(C=O)c1. The molecule has 18 heavy (non-hydrogen) atoms. The van der Waals surface area contributed by atoms with Gasteiger partial charge in [-0.3, -0.25) is 9.78 Å². The normalized spacial score (nSPS) is 10.1. The van der Waals surface area contributed by atoms with E-state index in [2.05, 4.69) is 4.98 Å². The van der Waals surface area contributed by atoms with Gasteiger partial charge in [0.25, 0.3) is 0 Å².